The zero-order valence-electron chi connectivity index (χ0n) is 31.1. The predicted molar refractivity (Wildman–Crippen MR) is 192 cm³/mol. The lowest BCUT2D eigenvalue weighted by atomic mass is 10.0. The molecule has 0 fully saturated rings. The van der Waals surface area contributed by atoms with E-state index in [1.807, 2.05) is 13.8 Å². The highest BCUT2D eigenvalue weighted by atomic mass is 19.1. The van der Waals surface area contributed by atoms with Crippen LogP contribution in [0.25, 0.3) is 11.0 Å². The standard InChI is InChI=1S/C37H51FN6O7/c1-24(2)19-26-20-27(38)22-29-33(26)40-31(44(29)36(49)51-37(3,4)5)23-43-16-12-13-25(34(43)47)21-30(45)28(14-10-11-15-32(46)41(6)7)39-35(48)42(8)17-18-50-9/h11-13,15-16,20,22,24,28H,10,14,17-19,21,23H2,1-9H3,(H,39,48)/b15-11+/t28-/m0/s1. The normalized spacial score (nSPS) is 12.4. The Balaban J connectivity index is 1.97. The minimum absolute atomic E-state index is 0.156. The molecule has 3 aromatic rings. The van der Waals surface area contributed by atoms with E-state index >= 15 is 0 Å². The fourth-order valence-corrected chi connectivity index (χ4v) is 5.28. The Labute approximate surface area is 298 Å². The maximum atomic E-state index is 14.9. The van der Waals surface area contributed by atoms with Gasteiger partial charge in [0, 0.05) is 59.0 Å². The molecule has 0 unspecified atom stereocenters. The molecule has 3 rings (SSSR count). The number of nitrogens with one attached hydrogen (secondary N) is 1. The van der Waals surface area contributed by atoms with Crippen molar-refractivity contribution in [2.45, 2.75) is 78.5 Å². The molecule has 14 heteroatoms. The van der Waals surface area contributed by atoms with E-state index < -0.39 is 40.9 Å². The number of hydrogen-bond acceptors (Lipinski definition) is 8. The van der Waals surface area contributed by atoms with E-state index in [1.165, 1.54) is 56.5 Å². The number of ketones is 1. The van der Waals surface area contributed by atoms with Gasteiger partial charge in [0.1, 0.15) is 17.2 Å². The van der Waals surface area contributed by atoms with Gasteiger partial charge in [0.25, 0.3) is 5.56 Å². The van der Waals surface area contributed by atoms with Crippen LogP contribution in [-0.4, -0.2) is 101 Å². The van der Waals surface area contributed by atoms with Crippen LogP contribution >= 0.6 is 0 Å². The number of hydrogen-bond donors (Lipinski definition) is 1. The van der Waals surface area contributed by atoms with Crippen molar-refractivity contribution in [2.24, 2.45) is 5.92 Å². The zero-order chi connectivity index (χ0) is 38.0. The first-order chi connectivity index (χ1) is 23.9. The summed E-state index contributed by atoms with van der Waals surface area (Å²) in [6, 6.07) is 4.32. The van der Waals surface area contributed by atoms with Gasteiger partial charge in [0.15, 0.2) is 5.78 Å². The Hall–Kier alpha value is -4.85. The number of ether oxygens (including phenoxy) is 2. The summed E-state index contributed by atoms with van der Waals surface area (Å²) in [6.07, 6.45) is 4.50. The highest BCUT2D eigenvalue weighted by Crippen LogP contribution is 2.26. The summed E-state index contributed by atoms with van der Waals surface area (Å²) in [4.78, 5) is 73.4. The molecule has 0 aliphatic heterocycles. The van der Waals surface area contributed by atoms with Gasteiger partial charge in [-0.25, -0.2) is 23.5 Å². The van der Waals surface area contributed by atoms with Crippen molar-refractivity contribution in [3.05, 3.63) is 75.7 Å². The summed E-state index contributed by atoms with van der Waals surface area (Å²) in [5, 5.41) is 2.76. The average Bonchev–Trinajstić information content (AvgIpc) is 3.39. The van der Waals surface area contributed by atoms with Gasteiger partial charge in [-0.15, -0.1) is 0 Å². The largest absolute Gasteiger partial charge is 0.443 e. The Morgan fingerprint density at radius 1 is 1.10 bits per heavy atom. The molecule has 0 bridgehead atoms. The van der Waals surface area contributed by atoms with Crippen molar-refractivity contribution in [3.63, 3.8) is 0 Å². The molecule has 51 heavy (non-hydrogen) atoms. The van der Waals surface area contributed by atoms with Gasteiger partial charge in [-0.1, -0.05) is 26.0 Å². The van der Waals surface area contributed by atoms with Crippen molar-refractivity contribution < 1.29 is 33.0 Å². The van der Waals surface area contributed by atoms with Crippen molar-refractivity contribution in [1.29, 1.82) is 0 Å². The van der Waals surface area contributed by atoms with Crippen molar-refractivity contribution in [1.82, 2.24) is 29.2 Å². The van der Waals surface area contributed by atoms with Gasteiger partial charge in [0.05, 0.1) is 30.2 Å². The number of urea groups is 1. The number of Topliss-reactive ketones (excluding diaryl/α,β-unsaturated/α-hetero) is 1. The van der Waals surface area contributed by atoms with Crippen molar-refractivity contribution >= 4 is 34.8 Å². The van der Waals surface area contributed by atoms with Crippen LogP contribution in [0.1, 0.15) is 64.4 Å². The maximum Gasteiger partial charge on any atom is 0.420 e. The van der Waals surface area contributed by atoms with Crippen LogP contribution in [0, 0.1) is 11.7 Å². The van der Waals surface area contributed by atoms with Crippen LogP contribution in [0.5, 0.6) is 0 Å². The lowest BCUT2D eigenvalue weighted by molar-refractivity contribution is -0.123. The molecular weight excluding hydrogens is 659 g/mol. The van der Waals surface area contributed by atoms with Crippen LogP contribution in [0.3, 0.4) is 0 Å². The summed E-state index contributed by atoms with van der Waals surface area (Å²) >= 11 is 0. The first kappa shape index (κ1) is 40.6. The van der Waals surface area contributed by atoms with Crippen LogP contribution in [0.2, 0.25) is 0 Å². The number of pyridine rings is 1. The second kappa shape index (κ2) is 17.9. The van der Waals surface area contributed by atoms with E-state index in [0.717, 1.165) is 0 Å². The fraction of sp³-hybridized carbons (Fsp3) is 0.514. The maximum absolute atomic E-state index is 14.9. The number of nitrogens with zero attached hydrogens (tertiary/aromatic N) is 5. The smallest absolute Gasteiger partial charge is 0.420 e. The van der Waals surface area contributed by atoms with E-state index in [9.17, 15) is 28.4 Å². The number of halogens is 1. The second-order valence-electron chi connectivity index (χ2n) is 14.1. The SMILES string of the molecule is COCCN(C)C(=O)N[C@@H](CC/C=C/C(=O)N(C)C)C(=O)Cc1cccn(Cc2nc3c(CC(C)C)cc(F)cc3n2C(=O)OC(C)(C)C)c1=O. The van der Waals surface area contributed by atoms with E-state index in [1.54, 1.807) is 54.1 Å². The first-order valence-corrected chi connectivity index (χ1v) is 16.9. The average molecular weight is 711 g/mol. The Morgan fingerprint density at radius 2 is 1.80 bits per heavy atom. The number of methoxy groups -OCH3 is 1. The summed E-state index contributed by atoms with van der Waals surface area (Å²) in [6.45, 7) is 9.55. The van der Waals surface area contributed by atoms with E-state index in [2.05, 4.69) is 5.32 Å². The van der Waals surface area contributed by atoms with Crippen LogP contribution in [-0.2, 0) is 38.4 Å². The second-order valence-corrected chi connectivity index (χ2v) is 14.1. The highest BCUT2D eigenvalue weighted by Gasteiger charge is 2.27. The predicted octanol–water partition coefficient (Wildman–Crippen LogP) is 4.56. The Morgan fingerprint density at radius 3 is 2.43 bits per heavy atom. The number of fused-ring (bicyclic) bond motifs is 1. The Bertz CT molecular complexity index is 1800. The lowest BCUT2D eigenvalue weighted by Gasteiger charge is -2.22. The van der Waals surface area contributed by atoms with Gasteiger partial charge < -0.3 is 29.2 Å². The van der Waals surface area contributed by atoms with Crippen molar-refractivity contribution in [2.75, 3.05) is 41.4 Å². The van der Waals surface area contributed by atoms with Gasteiger partial charge in [-0.3, -0.25) is 14.4 Å². The molecule has 13 nitrogen and oxygen atoms in total. The molecule has 0 radical (unpaired) electrons. The quantitative estimate of drug-likeness (QED) is 0.226. The molecule has 0 aliphatic rings. The number of carbonyl (C=O) groups is 4. The van der Waals surface area contributed by atoms with E-state index in [4.69, 9.17) is 14.5 Å². The summed E-state index contributed by atoms with van der Waals surface area (Å²) in [5.41, 5.74) is 0.0843. The van der Waals surface area contributed by atoms with Crippen LogP contribution in [0.4, 0.5) is 14.0 Å². The van der Waals surface area contributed by atoms with E-state index in [-0.39, 0.29) is 48.1 Å². The molecule has 0 saturated carbocycles. The fourth-order valence-electron chi connectivity index (χ4n) is 5.28. The van der Waals surface area contributed by atoms with Gasteiger partial charge in [-0.05, 0) is 69.7 Å². The first-order valence-electron chi connectivity index (χ1n) is 16.9. The minimum atomic E-state index is -0.958. The third-order valence-electron chi connectivity index (χ3n) is 7.84. The number of aromatic nitrogens is 3. The number of rotatable bonds is 15. The molecule has 1 atom stereocenters. The topological polar surface area (TPSA) is 145 Å². The molecule has 3 amide bonds. The summed E-state index contributed by atoms with van der Waals surface area (Å²) in [5.74, 6) is -0.812. The van der Waals surface area contributed by atoms with Gasteiger partial charge in [-0.2, -0.15) is 0 Å². The molecule has 278 valence electrons. The molecular formula is C37H51FN6O7. The van der Waals surface area contributed by atoms with Crippen LogP contribution in [0.15, 0.2) is 47.4 Å². The number of carbonyl (C=O) groups excluding carboxylic acids is 4. The molecule has 2 aromatic heterocycles. The number of imidazole rings is 1. The Kier molecular flexibility index (Phi) is 14.2. The highest BCUT2D eigenvalue weighted by molar-refractivity contribution is 5.91. The molecule has 1 aromatic carbocycles. The summed E-state index contributed by atoms with van der Waals surface area (Å²) < 4.78 is 28.1. The zero-order valence-corrected chi connectivity index (χ0v) is 31.1. The third kappa shape index (κ3) is 11.6. The lowest BCUT2D eigenvalue weighted by Crippen LogP contribution is -2.48. The van der Waals surface area contributed by atoms with Gasteiger partial charge in [0.2, 0.25) is 5.91 Å². The summed E-state index contributed by atoms with van der Waals surface area (Å²) in [7, 11) is 6.34. The molecule has 0 spiro atoms. The van der Waals surface area contributed by atoms with E-state index in [0.29, 0.717) is 37.1 Å². The number of allylic oxidation sites excluding steroid dienone is 1. The van der Waals surface area contributed by atoms with Crippen molar-refractivity contribution in [3.8, 4) is 0 Å². The van der Waals surface area contributed by atoms with Gasteiger partial charge >= 0.3 is 12.1 Å². The monoisotopic (exact) mass is 710 g/mol. The number of likely N-dealkylation sites (N-methyl/N-ethyl adjacent to an activating group) is 2. The molecule has 0 saturated heterocycles. The molecule has 1 N–H and O–H groups in total. The molecule has 0 aliphatic carbocycles. The number of benzene rings is 1. The van der Waals surface area contributed by atoms with Crippen LogP contribution < -0.4 is 10.9 Å². The number of amides is 3. The molecule has 2 heterocycles. The minimum Gasteiger partial charge on any atom is -0.443 e. The third-order valence-corrected chi connectivity index (χ3v) is 7.84.